The molecule has 3 aliphatic rings. The van der Waals surface area contributed by atoms with E-state index in [1.807, 2.05) is 13.8 Å². The van der Waals surface area contributed by atoms with E-state index in [2.05, 4.69) is 21.2 Å². The molecule has 3 rings (SSSR count). The van der Waals surface area contributed by atoms with E-state index >= 15 is 0 Å². The summed E-state index contributed by atoms with van der Waals surface area (Å²) in [6.45, 7) is 7.30. The predicted molar refractivity (Wildman–Crippen MR) is 108 cm³/mol. The summed E-state index contributed by atoms with van der Waals surface area (Å²) in [6.07, 6.45) is 1.66. The van der Waals surface area contributed by atoms with E-state index in [-0.39, 0.29) is 35.9 Å². The number of rotatable bonds is 8. The van der Waals surface area contributed by atoms with Crippen molar-refractivity contribution >= 4 is 33.7 Å². The van der Waals surface area contributed by atoms with Crippen molar-refractivity contribution in [3.8, 4) is 0 Å². The number of esters is 1. The highest BCUT2D eigenvalue weighted by Crippen LogP contribution is 2.60. The number of carbonyl (C=O) groups is 3. The van der Waals surface area contributed by atoms with E-state index in [0.717, 1.165) is 12.8 Å². The largest absolute Gasteiger partial charge is 0.466 e. The summed E-state index contributed by atoms with van der Waals surface area (Å²) in [6, 6.07) is -1.52. The highest BCUT2D eigenvalue weighted by atomic mass is 79.9. The third-order valence-electron chi connectivity index (χ3n) is 6.38. The van der Waals surface area contributed by atoms with Gasteiger partial charge in [-0.05, 0) is 33.6 Å². The van der Waals surface area contributed by atoms with Crippen LogP contribution in [-0.2, 0) is 23.9 Å². The summed E-state index contributed by atoms with van der Waals surface area (Å²) in [7, 11) is 0. The molecule has 0 aromatic carbocycles. The fourth-order valence-corrected chi connectivity index (χ4v) is 6.21. The Kier molecular flexibility index (Phi) is 6.60. The summed E-state index contributed by atoms with van der Waals surface area (Å²) in [5.41, 5.74) is -1.10. The average Bonchev–Trinajstić information content (AvgIpc) is 3.25. The Labute approximate surface area is 179 Å². The molecule has 3 fully saturated rings. The predicted octanol–water partition coefficient (Wildman–Crippen LogP) is 0.983. The van der Waals surface area contributed by atoms with Crippen LogP contribution in [0.4, 0.5) is 0 Å². The molecule has 29 heavy (non-hydrogen) atoms. The van der Waals surface area contributed by atoms with E-state index < -0.39 is 41.6 Å². The first-order chi connectivity index (χ1) is 13.7. The van der Waals surface area contributed by atoms with Crippen LogP contribution in [0.2, 0.25) is 0 Å². The van der Waals surface area contributed by atoms with Crippen LogP contribution in [0.1, 0.15) is 47.0 Å². The summed E-state index contributed by atoms with van der Waals surface area (Å²) < 4.78 is 11.5. The summed E-state index contributed by atoms with van der Waals surface area (Å²) in [5.74, 6) is -2.65. The van der Waals surface area contributed by atoms with Gasteiger partial charge in [0.2, 0.25) is 11.8 Å². The number of alkyl halides is 1. The van der Waals surface area contributed by atoms with Crippen molar-refractivity contribution in [2.45, 2.75) is 81.6 Å². The van der Waals surface area contributed by atoms with Crippen molar-refractivity contribution in [3.63, 3.8) is 0 Å². The summed E-state index contributed by atoms with van der Waals surface area (Å²) in [5, 5.41) is 12.8. The monoisotopic (exact) mass is 474 g/mol. The molecule has 1 spiro atoms. The first-order valence-corrected chi connectivity index (χ1v) is 11.4. The zero-order valence-electron chi connectivity index (χ0n) is 17.4. The third-order valence-corrected chi connectivity index (χ3v) is 7.23. The number of aliphatic hydroxyl groups excluding tert-OH is 1. The second kappa shape index (κ2) is 8.51. The Morgan fingerprint density at radius 3 is 2.69 bits per heavy atom. The Balaban J connectivity index is 2.01. The molecule has 164 valence electrons. The van der Waals surface area contributed by atoms with Gasteiger partial charge in [-0.15, -0.1) is 0 Å². The van der Waals surface area contributed by atoms with Crippen molar-refractivity contribution in [2.75, 3.05) is 13.2 Å². The van der Waals surface area contributed by atoms with Gasteiger partial charge in [0.25, 0.3) is 0 Å². The summed E-state index contributed by atoms with van der Waals surface area (Å²) >= 11 is 3.59. The van der Waals surface area contributed by atoms with Crippen molar-refractivity contribution < 1.29 is 29.0 Å². The van der Waals surface area contributed by atoms with E-state index in [1.165, 1.54) is 4.90 Å². The van der Waals surface area contributed by atoms with Crippen LogP contribution in [0.5, 0.6) is 0 Å². The maximum atomic E-state index is 13.5. The standard InChI is InChI=1S/C20H31BrN2O6/c1-5-7-10(3)22-17(25)16-20-8-12(21)15(29-20)13(19(27)28-6-2)14(20)18(26)23(16)11(4)9-24/h10-16,24H,5-9H2,1-4H3,(H,22,25)/t10?,11-,12?,13+,14+,15+,16?,20?/m1/s1. The van der Waals surface area contributed by atoms with E-state index in [0.29, 0.717) is 6.42 Å². The molecule has 0 aromatic rings. The highest BCUT2D eigenvalue weighted by molar-refractivity contribution is 9.09. The van der Waals surface area contributed by atoms with Crippen LogP contribution >= 0.6 is 15.9 Å². The quantitative estimate of drug-likeness (QED) is 0.401. The van der Waals surface area contributed by atoms with Crippen LogP contribution in [-0.4, -0.2) is 75.7 Å². The molecule has 2 amide bonds. The molecule has 0 aliphatic carbocycles. The molecular weight excluding hydrogens is 444 g/mol. The molecule has 0 radical (unpaired) electrons. The summed E-state index contributed by atoms with van der Waals surface area (Å²) in [4.78, 5) is 40.8. The number of ether oxygens (including phenoxy) is 2. The van der Waals surface area contributed by atoms with Crippen LogP contribution < -0.4 is 5.32 Å². The number of hydrogen-bond donors (Lipinski definition) is 2. The van der Waals surface area contributed by atoms with Crippen molar-refractivity contribution in [3.05, 3.63) is 0 Å². The Bertz CT molecular complexity index is 675. The second-order valence-corrected chi connectivity index (χ2v) is 9.57. The minimum atomic E-state index is -1.10. The zero-order valence-corrected chi connectivity index (χ0v) is 19.0. The molecule has 3 heterocycles. The van der Waals surface area contributed by atoms with Gasteiger partial charge >= 0.3 is 5.97 Å². The van der Waals surface area contributed by atoms with Crippen molar-refractivity contribution in [1.29, 1.82) is 0 Å². The number of aliphatic hydroxyl groups is 1. The van der Waals surface area contributed by atoms with Crippen molar-refractivity contribution in [1.82, 2.24) is 10.2 Å². The molecule has 2 bridgehead atoms. The average molecular weight is 475 g/mol. The molecule has 8 atom stereocenters. The smallest absolute Gasteiger partial charge is 0.312 e. The molecule has 2 N–H and O–H groups in total. The van der Waals surface area contributed by atoms with Gasteiger partial charge in [-0.1, -0.05) is 29.3 Å². The van der Waals surface area contributed by atoms with Crippen LogP contribution in [0.15, 0.2) is 0 Å². The minimum absolute atomic E-state index is 0.0523. The number of halogens is 1. The fourth-order valence-electron chi connectivity index (χ4n) is 5.26. The van der Waals surface area contributed by atoms with Gasteiger partial charge in [0.05, 0.1) is 37.2 Å². The number of carbonyl (C=O) groups excluding carboxylic acids is 3. The molecule has 4 unspecified atom stereocenters. The van der Waals surface area contributed by atoms with Crippen LogP contribution in [0, 0.1) is 11.8 Å². The maximum absolute atomic E-state index is 13.5. The van der Waals surface area contributed by atoms with Crippen molar-refractivity contribution in [2.24, 2.45) is 11.8 Å². The van der Waals surface area contributed by atoms with Gasteiger partial charge in [0.15, 0.2) is 0 Å². The lowest BCUT2D eigenvalue weighted by Crippen LogP contribution is -2.58. The third kappa shape index (κ3) is 3.49. The molecule has 3 aliphatic heterocycles. The minimum Gasteiger partial charge on any atom is -0.466 e. The van der Waals surface area contributed by atoms with Crippen LogP contribution in [0.3, 0.4) is 0 Å². The normalized spacial score (nSPS) is 37.4. The number of nitrogens with one attached hydrogen (secondary N) is 1. The topological polar surface area (TPSA) is 105 Å². The van der Waals surface area contributed by atoms with E-state index in [1.54, 1.807) is 13.8 Å². The second-order valence-electron chi connectivity index (χ2n) is 8.39. The van der Waals surface area contributed by atoms with E-state index in [9.17, 15) is 19.5 Å². The number of likely N-dealkylation sites (tertiary alicyclic amines) is 1. The number of hydrogen-bond acceptors (Lipinski definition) is 6. The molecule has 0 saturated carbocycles. The molecular formula is C20H31BrN2O6. The molecule has 8 nitrogen and oxygen atoms in total. The SMILES string of the molecule is CCCC(C)NC(=O)C1N([C@H](C)CO)C(=O)[C@@H]2[C@H](C(=O)OCC)[C@H]3OC12CC3Br. The zero-order chi connectivity index (χ0) is 21.5. The maximum Gasteiger partial charge on any atom is 0.312 e. The van der Waals surface area contributed by atoms with E-state index in [4.69, 9.17) is 9.47 Å². The molecule has 3 saturated heterocycles. The first-order valence-electron chi connectivity index (χ1n) is 10.4. The van der Waals surface area contributed by atoms with Gasteiger partial charge < -0.3 is 24.8 Å². The lowest BCUT2D eigenvalue weighted by atomic mass is 9.70. The highest BCUT2D eigenvalue weighted by Gasteiger charge is 2.77. The molecule has 0 aromatic heterocycles. The van der Waals surface area contributed by atoms with Gasteiger partial charge in [-0.25, -0.2) is 0 Å². The van der Waals surface area contributed by atoms with Gasteiger partial charge in [0, 0.05) is 10.9 Å². The van der Waals surface area contributed by atoms with Crippen LogP contribution in [0.25, 0.3) is 0 Å². The van der Waals surface area contributed by atoms with Gasteiger partial charge in [-0.2, -0.15) is 0 Å². The number of amides is 2. The number of fused-ring (bicyclic) bond motifs is 1. The van der Waals surface area contributed by atoms with Gasteiger partial charge in [-0.3, -0.25) is 14.4 Å². The Morgan fingerprint density at radius 1 is 1.41 bits per heavy atom. The number of nitrogens with zero attached hydrogens (tertiary/aromatic N) is 1. The fraction of sp³-hybridized carbons (Fsp3) is 0.850. The Morgan fingerprint density at radius 2 is 2.10 bits per heavy atom. The lowest BCUT2D eigenvalue weighted by Gasteiger charge is -2.36. The molecule has 9 heteroatoms. The first kappa shape index (κ1) is 22.5. The lowest BCUT2D eigenvalue weighted by molar-refractivity contribution is -0.155. The van der Waals surface area contributed by atoms with Gasteiger partial charge in [0.1, 0.15) is 11.6 Å². The Hall–Kier alpha value is -1.19.